The fourth-order valence-corrected chi connectivity index (χ4v) is 2.05. The van der Waals surface area contributed by atoms with E-state index in [-0.39, 0.29) is 4.90 Å². The van der Waals surface area contributed by atoms with Gasteiger partial charge in [-0.25, -0.2) is 0 Å². The van der Waals surface area contributed by atoms with Crippen molar-refractivity contribution in [1.29, 1.82) is 0 Å². The van der Waals surface area contributed by atoms with Crippen LogP contribution in [0.15, 0.2) is 29.2 Å². The van der Waals surface area contributed by atoms with Gasteiger partial charge in [-0.1, -0.05) is 32.4 Å². The molecule has 0 aliphatic rings. The van der Waals surface area contributed by atoms with E-state index in [4.69, 9.17) is 4.55 Å². The first-order valence-corrected chi connectivity index (χ1v) is 6.46. The van der Waals surface area contributed by atoms with Gasteiger partial charge in [0, 0.05) is 0 Å². The molecule has 15 heavy (non-hydrogen) atoms. The second kappa shape index (κ2) is 4.77. The topological polar surface area (TPSA) is 54.4 Å². The molecular weight excluding hydrogens is 212 g/mol. The van der Waals surface area contributed by atoms with Crippen LogP contribution in [0.4, 0.5) is 0 Å². The van der Waals surface area contributed by atoms with Crippen LogP contribution in [0.1, 0.15) is 38.2 Å². The van der Waals surface area contributed by atoms with Gasteiger partial charge in [0.2, 0.25) is 0 Å². The molecule has 1 aromatic carbocycles. The molecule has 1 rings (SSSR count). The Morgan fingerprint density at radius 2 is 1.80 bits per heavy atom. The lowest BCUT2D eigenvalue weighted by Gasteiger charge is -2.10. The zero-order valence-electron chi connectivity index (χ0n) is 8.97. The molecule has 0 radical (unpaired) electrons. The molecule has 0 aliphatic carbocycles. The van der Waals surface area contributed by atoms with E-state index in [9.17, 15) is 8.42 Å². The maximum absolute atomic E-state index is 10.8. The average molecular weight is 228 g/mol. The third-order valence-electron chi connectivity index (χ3n) is 2.47. The van der Waals surface area contributed by atoms with Crippen molar-refractivity contribution in [2.75, 3.05) is 0 Å². The summed E-state index contributed by atoms with van der Waals surface area (Å²) < 4.78 is 30.4. The summed E-state index contributed by atoms with van der Waals surface area (Å²) in [5.41, 5.74) is 1.10. The summed E-state index contributed by atoms with van der Waals surface area (Å²) >= 11 is 0. The highest BCUT2D eigenvalue weighted by atomic mass is 32.2. The lowest BCUT2D eigenvalue weighted by atomic mass is 9.97. The minimum atomic E-state index is -4.06. The summed E-state index contributed by atoms with van der Waals surface area (Å²) in [5, 5.41) is 0. The van der Waals surface area contributed by atoms with Crippen LogP contribution < -0.4 is 0 Å². The summed E-state index contributed by atoms with van der Waals surface area (Å²) in [6, 6.07) is 6.39. The fourth-order valence-electron chi connectivity index (χ4n) is 1.57. The van der Waals surface area contributed by atoms with E-state index in [1.54, 1.807) is 12.1 Å². The molecule has 84 valence electrons. The van der Waals surface area contributed by atoms with Gasteiger partial charge in [-0.15, -0.1) is 0 Å². The Balaban J connectivity index is 2.90. The Kier molecular flexibility index (Phi) is 3.88. The third kappa shape index (κ3) is 3.32. The normalized spacial score (nSPS) is 13.8. The molecule has 0 bridgehead atoms. The van der Waals surface area contributed by atoms with Crippen LogP contribution in [-0.2, 0) is 10.1 Å². The monoisotopic (exact) mass is 228 g/mol. The third-order valence-corrected chi connectivity index (χ3v) is 3.34. The quantitative estimate of drug-likeness (QED) is 0.806. The van der Waals surface area contributed by atoms with Crippen LogP contribution in [0.25, 0.3) is 0 Å². The van der Waals surface area contributed by atoms with Crippen LogP contribution in [0, 0.1) is 0 Å². The molecule has 0 fully saturated rings. The van der Waals surface area contributed by atoms with Gasteiger partial charge >= 0.3 is 0 Å². The summed E-state index contributed by atoms with van der Waals surface area (Å²) in [4.78, 5) is -0.0463. The first-order chi connectivity index (χ1) is 6.95. The van der Waals surface area contributed by atoms with Gasteiger partial charge in [-0.05, 0) is 30.0 Å². The molecule has 1 atom stereocenters. The van der Waals surface area contributed by atoms with Crippen molar-refractivity contribution >= 4 is 10.1 Å². The molecule has 0 saturated carbocycles. The molecule has 1 N–H and O–H groups in total. The lowest BCUT2D eigenvalue weighted by molar-refractivity contribution is 0.483. The van der Waals surface area contributed by atoms with Crippen molar-refractivity contribution < 1.29 is 13.0 Å². The largest absolute Gasteiger partial charge is 0.294 e. The van der Waals surface area contributed by atoms with E-state index in [1.165, 1.54) is 12.1 Å². The molecule has 1 unspecified atom stereocenters. The van der Waals surface area contributed by atoms with E-state index >= 15 is 0 Å². The van der Waals surface area contributed by atoms with Crippen LogP contribution in [0.5, 0.6) is 0 Å². The number of hydrogen-bond donors (Lipinski definition) is 1. The lowest BCUT2D eigenvalue weighted by Crippen LogP contribution is -1.99. The Hall–Kier alpha value is -0.870. The molecule has 0 saturated heterocycles. The summed E-state index contributed by atoms with van der Waals surface area (Å²) in [7, 11) is -4.06. The number of benzene rings is 1. The van der Waals surface area contributed by atoms with E-state index in [2.05, 4.69) is 13.8 Å². The molecule has 0 aromatic heterocycles. The SMILES string of the molecule is CCCC(C)c1ccc(S(=O)(=O)O)cc1. The van der Waals surface area contributed by atoms with Gasteiger partial charge in [0.1, 0.15) is 0 Å². The second-order valence-electron chi connectivity index (χ2n) is 3.73. The van der Waals surface area contributed by atoms with Crippen molar-refractivity contribution in [2.45, 2.75) is 37.5 Å². The minimum absolute atomic E-state index is 0.0463. The number of hydrogen-bond acceptors (Lipinski definition) is 2. The van der Waals surface area contributed by atoms with E-state index in [1.807, 2.05) is 0 Å². The zero-order valence-corrected chi connectivity index (χ0v) is 9.79. The summed E-state index contributed by atoms with van der Waals surface area (Å²) in [5.74, 6) is 0.422. The predicted molar refractivity (Wildman–Crippen MR) is 59.6 cm³/mol. The zero-order chi connectivity index (χ0) is 11.5. The molecule has 1 aromatic rings. The van der Waals surface area contributed by atoms with Crippen molar-refractivity contribution in [2.24, 2.45) is 0 Å². The standard InChI is InChI=1S/C11H16O3S/c1-3-4-9(2)10-5-7-11(8-6-10)15(12,13)14/h5-9H,3-4H2,1-2H3,(H,12,13,14). The average Bonchev–Trinajstić information content (AvgIpc) is 2.17. The van der Waals surface area contributed by atoms with Crippen LogP contribution in [-0.4, -0.2) is 13.0 Å². The van der Waals surface area contributed by atoms with E-state index < -0.39 is 10.1 Å². The van der Waals surface area contributed by atoms with E-state index in [0.717, 1.165) is 18.4 Å². The van der Waals surface area contributed by atoms with Gasteiger partial charge in [0.15, 0.2) is 0 Å². The van der Waals surface area contributed by atoms with Crippen molar-refractivity contribution in [1.82, 2.24) is 0 Å². The number of rotatable bonds is 4. The molecule has 4 heteroatoms. The maximum Gasteiger partial charge on any atom is 0.294 e. The molecule has 0 aliphatic heterocycles. The molecule has 0 amide bonds. The Morgan fingerprint density at radius 1 is 1.27 bits per heavy atom. The van der Waals surface area contributed by atoms with Gasteiger partial charge in [0.25, 0.3) is 10.1 Å². The van der Waals surface area contributed by atoms with Crippen molar-refractivity contribution in [3.63, 3.8) is 0 Å². The molecule has 3 nitrogen and oxygen atoms in total. The Morgan fingerprint density at radius 3 is 2.20 bits per heavy atom. The van der Waals surface area contributed by atoms with Crippen LogP contribution >= 0.6 is 0 Å². The van der Waals surface area contributed by atoms with Gasteiger partial charge < -0.3 is 0 Å². The maximum atomic E-state index is 10.8. The summed E-state index contributed by atoms with van der Waals surface area (Å²) in [6.07, 6.45) is 2.17. The van der Waals surface area contributed by atoms with Gasteiger partial charge in [-0.2, -0.15) is 8.42 Å². The highest BCUT2D eigenvalue weighted by Gasteiger charge is 2.10. The molecule has 0 spiro atoms. The van der Waals surface area contributed by atoms with Crippen molar-refractivity contribution in [3.8, 4) is 0 Å². The summed E-state index contributed by atoms with van der Waals surface area (Å²) in [6.45, 7) is 4.22. The van der Waals surface area contributed by atoms with Gasteiger partial charge in [0.05, 0.1) is 4.90 Å². The Bertz CT molecular complexity index is 406. The molecular formula is C11H16O3S. The highest BCUT2D eigenvalue weighted by Crippen LogP contribution is 2.21. The van der Waals surface area contributed by atoms with Crippen LogP contribution in [0.2, 0.25) is 0 Å². The smallest absolute Gasteiger partial charge is 0.282 e. The fraction of sp³-hybridized carbons (Fsp3) is 0.455. The predicted octanol–water partition coefficient (Wildman–Crippen LogP) is 2.84. The molecule has 0 heterocycles. The van der Waals surface area contributed by atoms with Crippen molar-refractivity contribution in [3.05, 3.63) is 29.8 Å². The minimum Gasteiger partial charge on any atom is -0.282 e. The van der Waals surface area contributed by atoms with Crippen LogP contribution in [0.3, 0.4) is 0 Å². The second-order valence-corrected chi connectivity index (χ2v) is 5.16. The first kappa shape index (κ1) is 12.2. The Labute approximate surface area is 90.9 Å². The highest BCUT2D eigenvalue weighted by molar-refractivity contribution is 7.85. The first-order valence-electron chi connectivity index (χ1n) is 5.02. The van der Waals surface area contributed by atoms with Gasteiger partial charge in [-0.3, -0.25) is 4.55 Å². The van der Waals surface area contributed by atoms with E-state index in [0.29, 0.717) is 5.92 Å².